The Morgan fingerprint density at radius 3 is 2.73 bits per heavy atom. The Balaban J connectivity index is 1.59. The first-order chi connectivity index (χ1) is 12.3. The molecule has 2 fully saturated rings. The van der Waals surface area contributed by atoms with Crippen LogP contribution in [0.15, 0.2) is 23.0 Å². The molecule has 6 heteroatoms. The number of fused-ring (bicyclic) bond motifs is 1. The maximum Gasteiger partial charge on any atom is 0.410 e. The van der Waals surface area contributed by atoms with Crippen molar-refractivity contribution in [3.8, 4) is 0 Å². The minimum absolute atomic E-state index is 0.0549. The summed E-state index contributed by atoms with van der Waals surface area (Å²) in [6, 6.07) is 5.73. The summed E-state index contributed by atoms with van der Waals surface area (Å²) in [7, 11) is 1.78. The highest BCUT2D eigenvalue weighted by molar-refractivity contribution is 5.82. The van der Waals surface area contributed by atoms with Crippen molar-refractivity contribution in [2.24, 2.45) is 0 Å². The normalized spacial score (nSPS) is 23.8. The standard InChI is InChI=1S/C20H25N3O3/c1-13-7-14(2)18-16(8-13)17(24)9-15(21-18)10-23-6-4-5-20(12-23)11-22(3)19(25)26-20/h7-9H,4-6,10-12H2,1-3H3,(H,21,24)/t20-/m1/s1. The first kappa shape index (κ1) is 17.1. The first-order valence-corrected chi connectivity index (χ1v) is 9.15. The number of aromatic nitrogens is 1. The minimum Gasteiger partial charge on any atom is -0.440 e. The molecule has 0 unspecified atom stereocenters. The largest absolute Gasteiger partial charge is 0.440 e. The van der Waals surface area contributed by atoms with Gasteiger partial charge in [0.05, 0.1) is 12.1 Å². The predicted molar refractivity (Wildman–Crippen MR) is 100 cm³/mol. The van der Waals surface area contributed by atoms with Crippen molar-refractivity contribution in [3.05, 3.63) is 45.2 Å². The van der Waals surface area contributed by atoms with Crippen molar-refractivity contribution in [3.63, 3.8) is 0 Å². The second-order valence-corrected chi connectivity index (χ2v) is 7.88. The lowest BCUT2D eigenvalue weighted by molar-refractivity contribution is -0.0116. The van der Waals surface area contributed by atoms with Gasteiger partial charge in [-0.05, 0) is 50.4 Å². The lowest BCUT2D eigenvalue weighted by Gasteiger charge is -2.38. The van der Waals surface area contributed by atoms with E-state index < -0.39 is 5.60 Å². The molecule has 3 heterocycles. The maximum atomic E-state index is 12.6. The lowest BCUT2D eigenvalue weighted by Crippen LogP contribution is -2.50. The molecule has 1 aromatic carbocycles. The number of ether oxygens (including phenoxy) is 1. The summed E-state index contributed by atoms with van der Waals surface area (Å²) in [6.45, 7) is 6.97. The van der Waals surface area contributed by atoms with E-state index in [9.17, 15) is 9.59 Å². The summed E-state index contributed by atoms with van der Waals surface area (Å²) < 4.78 is 5.67. The van der Waals surface area contributed by atoms with Crippen molar-refractivity contribution in [2.75, 3.05) is 26.7 Å². The van der Waals surface area contributed by atoms with E-state index in [0.29, 0.717) is 19.6 Å². The number of benzene rings is 1. The molecule has 1 atom stereocenters. The van der Waals surface area contributed by atoms with Crippen LogP contribution in [0.2, 0.25) is 0 Å². The Bertz CT molecular complexity index is 936. The predicted octanol–water partition coefficient (Wildman–Crippen LogP) is 2.56. The van der Waals surface area contributed by atoms with Crippen LogP contribution in [0, 0.1) is 13.8 Å². The monoisotopic (exact) mass is 355 g/mol. The van der Waals surface area contributed by atoms with Gasteiger partial charge in [0.25, 0.3) is 0 Å². The minimum atomic E-state index is -0.408. The number of amides is 1. The summed E-state index contributed by atoms with van der Waals surface area (Å²) in [5.41, 5.74) is 3.65. The maximum absolute atomic E-state index is 12.6. The summed E-state index contributed by atoms with van der Waals surface area (Å²) in [4.78, 5) is 31.7. The molecule has 4 rings (SSSR count). The van der Waals surface area contributed by atoms with E-state index in [1.54, 1.807) is 18.0 Å². The van der Waals surface area contributed by atoms with E-state index >= 15 is 0 Å². The number of hydrogen-bond acceptors (Lipinski definition) is 4. The van der Waals surface area contributed by atoms with Crippen LogP contribution in [-0.2, 0) is 11.3 Å². The van der Waals surface area contributed by atoms with Gasteiger partial charge < -0.3 is 14.6 Å². The van der Waals surface area contributed by atoms with E-state index in [4.69, 9.17) is 4.74 Å². The number of hydrogen-bond donors (Lipinski definition) is 1. The number of likely N-dealkylation sites (tertiary alicyclic amines) is 1. The SMILES string of the molecule is Cc1cc(C)c2[nH]c(CN3CCC[C@]4(C3)CN(C)C(=O)O4)cc(=O)c2c1. The third-order valence-corrected chi connectivity index (χ3v) is 5.49. The summed E-state index contributed by atoms with van der Waals surface area (Å²) in [5.74, 6) is 0. The third-order valence-electron chi connectivity index (χ3n) is 5.49. The number of rotatable bonds is 2. The van der Waals surface area contributed by atoms with Crippen molar-refractivity contribution in [1.82, 2.24) is 14.8 Å². The van der Waals surface area contributed by atoms with Gasteiger partial charge in [-0.1, -0.05) is 6.07 Å². The zero-order valence-corrected chi connectivity index (χ0v) is 15.6. The molecule has 2 saturated heterocycles. The van der Waals surface area contributed by atoms with Crippen LogP contribution in [0.5, 0.6) is 0 Å². The Morgan fingerprint density at radius 1 is 1.19 bits per heavy atom. The van der Waals surface area contributed by atoms with Crippen LogP contribution in [-0.4, -0.2) is 53.2 Å². The summed E-state index contributed by atoms with van der Waals surface area (Å²) in [6.07, 6.45) is 1.64. The second kappa shape index (κ2) is 6.13. The Kier molecular flexibility index (Phi) is 4.03. The summed E-state index contributed by atoms with van der Waals surface area (Å²) >= 11 is 0. The summed E-state index contributed by atoms with van der Waals surface area (Å²) in [5, 5.41) is 0.743. The molecule has 1 N–H and O–H groups in total. The van der Waals surface area contributed by atoms with Gasteiger partial charge in [0.15, 0.2) is 5.43 Å². The zero-order valence-electron chi connectivity index (χ0n) is 15.6. The van der Waals surface area contributed by atoms with Crippen LogP contribution < -0.4 is 5.43 Å². The number of H-pyrrole nitrogens is 1. The van der Waals surface area contributed by atoms with Gasteiger partial charge in [0.2, 0.25) is 0 Å². The zero-order chi connectivity index (χ0) is 18.5. The Morgan fingerprint density at radius 2 is 2.00 bits per heavy atom. The van der Waals surface area contributed by atoms with Crippen LogP contribution in [0.3, 0.4) is 0 Å². The van der Waals surface area contributed by atoms with Crippen molar-refractivity contribution in [2.45, 2.75) is 38.8 Å². The van der Waals surface area contributed by atoms with Crippen molar-refractivity contribution in [1.29, 1.82) is 0 Å². The molecular weight excluding hydrogens is 330 g/mol. The number of pyridine rings is 1. The fourth-order valence-electron chi connectivity index (χ4n) is 4.42. The van der Waals surface area contributed by atoms with Crippen LogP contribution in [0.1, 0.15) is 29.7 Å². The van der Waals surface area contributed by atoms with Crippen LogP contribution in [0.25, 0.3) is 10.9 Å². The van der Waals surface area contributed by atoms with E-state index in [0.717, 1.165) is 47.1 Å². The number of aromatic amines is 1. The van der Waals surface area contributed by atoms with Crippen molar-refractivity contribution < 1.29 is 9.53 Å². The quantitative estimate of drug-likeness (QED) is 0.899. The van der Waals surface area contributed by atoms with Crippen LogP contribution >= 0.6 is 0 Å². The fraction of sp³-hybridized carbons (Fsp3) is 0.500. The molecule has 2 aromatic rings. The third kappa shape index (κ3) is 2.98. The average molecular weight is 355 g/mol. The molecular formula is C20H25N3O3. The number of nitrogens with zero attached hydrogens (tertiary/aromatic N) is 2. The molecule has 6 nitrogen and oxygen atoms in total. The number of carbonyl (C=O) groups excluding carboxylic acids is 1. The number of likely N-dealkylation sites (N-methyl/N-ethyl adjacent to an activating group) is 1. The second-order valence-electron chi connectivity index (χ2n) is 7.88. The molecule has 1 amide bonds. The van der Waals surface area contributed by atoms with Gasteiger partial charge in [0, 0.05) is 37.3 Å². The highest BCUT2D eigenvalue weighted by Crippen LogP contribution is 2.31. The highest BCUT2D eigenvalue weighted by Gasteiger charge is 2.46. The first-order valence-electron chi connectivity index (χ1n) is 9.15. The molecule has 26 heavy (non-hydrogen) atoms. The topological polar surface area (TPSA) is 65.6 Å². The smallest absolute Gasteiger partial charge is 0.410 e. The van der Waals surface area contributed by atoms with Gasteiger partial charge >= 0.3 is 6.09 Å². The number of nitrogens with one attached hydrogen (secondary N) is 1. The number of aryl methyl sites for hydroxylation is 2. The molecule has 1 aromatic heterocycles. The molecule has 0 bridgehead atoms. The van der Waals surface area contributed by atoms with E-state index in [-0.39, 0.29) is 11.5 Å². The van der Waals surface area contributed by atoms with E-state index in [1.807, 2.05) is 19.9 Å². The van der Waals surface area contributed by atoms with E-state index in [2.05, 4.69) is 16.0 Å². The number of carbonyl (C=O) groups is 1. The highest BCUT2D eigenvalue weighted by atomic mass is 16.6. The molecule has 0 aliphatic carbocycles. The molecule has 2 aliphatic rings. The lowest BCUT2D eigenvalue weighted by atomic mass is 9.92. The molecule has 1 spiro atoms. The molecule has 0 radical (unpaired) electrons. The molecule has 0 saturated carbocycles. The Labute approximate surface area is 152 Å². The molecule has 2 aliphatic heterocycles. The molecule has 138 valence electrons. The fourth-order valence-corrected chi connectivity index (χ4v) is 4.42. The number of piperidine rings is 1. The van der Waals surface area contributed by atoms with Gasteiger partial charge in [-0.2, -0.15) is 0 Å². The average Bonchev–Trinajstić information content (AvgIpc) is 2.82. The van der Waals surface area contributed by atoms with Gasteiger partial charge in [-0.15, -0.1) is 0 Å². The van der Waals surface area contributed by atoms with Gasteiger partial charge in [-0.3, -0.25) is 9.69 Å². The van der Waals surface area contributed by atoms with Crippen molar-refractivity contribution >= 4 is 17.0 Å². The Hall–Kier alpha value is -2.34. The van der Waals surface area contributed by atoms with Crippen LogP contribution in [0.4, 0.5) is 4.79 Å². The van der Waals surface area contributed by atoms with Gasteiger partial charge in [-0.25, -0.2) is 4.79 Å². The van der Waals surface area contributed by atoms with Gasteiger partial charge in [0.1, 0.15) is 5.60 Å². The van der Waals surface area contributed by atoms with E-state index in [1.165, 1.54) is 0 Å².